The van der Waals surface area contributed by atoms with Crippen LogP contribution in [0, 0.1) is 12.7 Å². The Morgan fingerprint density at radius 1 is 1.35 bits per heavy atom. The van der Waals surface area contributed by atoms with Gasteiger partial charge in [-0.25, -0.2) is 17.8 Å². The molecular formula is C11H10FNO2S2. The highest BCUT2D eigenvalue weighted by atomic mass is 32.2. The fourth-order valence-corrected chi connectivity index (χ4v) is 3.90. The lowest BCUT2D eigenvalue weighted by atomic mass is 10.3. The van der Waals surface area contributed by atoms with Gasteiger partial charge in [0, 0.05) is 11.1 Å². The molecule has 0 radical (unpaired) electrons. The van der Waals surface area contributed by atoms with Gasteiger partial charge in [-0.1, -0.05) is 12.1 Å². The maximum atomic E-state index is 13.4. The van der Waals surface area contributed by atoms with E-state index in [1.807, 2.05) is 0 Å². The Morgan fingerprint density at radius 2 is 2.06 bits per heavy atom. The first-order chi connectivity index (χ1) is 7.99. The second-order valence-electron chi connectivity index (χ2n) is 3.57. The number of hydrogen-bond acceptors (Lipinski definition) is 4. The molecule has 0 N–H and O–H groups in total. The van der Waals surface area contributed by atoms with Gasteiger partial charge in [-0.05, 0) is 19.1 Å². The van der Waals surface area contributed by atoms with Gasteiger partial charge in [0.25, 0.3) is 0 Å². The largest absolute Gasteiger partial charge is 0.245 e. The van der Waals surface area contributed by atoms with Crippen LogP contribution in [0.1, 0.15) is 10.7 Å². The van der Waals surface area contributed by atoms with Gasteiger partial charge in [-0.2, -0.15) is 0 Å². The molecule has 0 saturated heterocycles. The van der Waals surface area contributed by atoms with E-state index < -0.39 is 15.7 Å². The maximum Gasteiger partial charge on any atom is 0.187 e. The first-order valence-corrected chi connectivity index (χ1v) is 7.40. The summed E-state index contributed by atoms with van der Waals surface area (Å²) in [5.74, 6) is -0.979. The van der Waals surface area contributed by atoms with Crippen molar-refractivity contribution < 1.29 is 12.8 Å². The molecule has 0 atom stereocenters. The first kappa shape index (κ1) is 12.2. The van der Waals surface area contributed by atoms with E-state index in [0.717, 1.165) is 11.8 Å². The topological polar surface area (TPSA) is 47.0 Å². The number of aryl methyl sites for hydroxylation is 1. The summed E-state index contributed by atoms with van der Waals surface area (Å²) in [5.41, 5.74) is 0.772. The van der Waals surface area contributed by atoms with E-state index in [1.165, 1.54) is 29.5 Å². The maximum absolute atomic E-state index is 13.4. The molecule has 0 aliphatic carbocycles. The van der Waals surface area contributed by atoms with Crippen LogP contribution >= 0.6 is 11.3 Å². The van der Waals surface area contributed by atoms with Crippen LogP contribution in [0.4, 0.5) is 4.39 Å². The van der Waals surface area contributed by atoms with Crippen LogP contribution in [-0.2, 0) is 15.6 Å². The molecule has 0 unspecified atom stereocenters. The van der Waals surface area contributed by atoms with Crippen LogP contribution in [0.25, 0.3) is 0 Å². The molecule has 0 amide bonds. The fourth-order valence-electron chi connectivity index (χ4n) is 1.41. The Labute approximate surface area is 103 Å². The molecule has 3 nitrogen and oxygen atoms in total. The Bertz CT molecular complexity index is 634. The van der Waals surface area contributed by atoms with Crippen molar-refractivity contribution in [2.45, 2.75) is 17.6 Å². The van der Waals surface area contributed by atoms with Gasteiger partial charge >= 0.3 is 0 Å². The van der Waals surface area contributed by atoms with Gasteiger partial charge in [0.1, 0.15) is 21.5 Å². The minimum atomic E-state index is -3.66. The molecule has 1 heterocycles. The highest BCUT2D eigenvalue weighted by molar-refractivity contribution is 7.90. The Balaban J connectivity index is 2.35. The number of hydrogen-bond donors (Lipinski definition) is 0. The summed E-state index contributed by atoms with van der Waals surface area (Å²) in [7, 11) is -3.66. The number of nitrogens with zero attached hydrogens (tertiary/aromatic N) is 1. The lowest BCUT2D eigenvalue weighted by Gasteiger charge is -2.03. The van der Waals surface area contributed by atoms with Gasteiger partial charge in [0.05, 0.1) is 0 Å². The lowest BCUT2D eigenvalue weighted by molar-refractivity contribution is 0.566. The Morgan fingerprint density at radius 3 is 2.65 bits per heavy atom. The van der Waals surface area contributed by atoms with E-state index in [2.05, 4.69) is 4.98 Å². The smallest absolute Gasteiger partial charge is 0.187 e. The summed E-state index contributed by atoms with van der Waals surface area (Å²) >= 11 is 1.26. The zero-order valence-corrected chi connectivity index (χ0v) is 10.7. The summed E-state index contributed by atoms with van der Waals surface area (Å²) in [6, 6.07) is 5.37. The van der Waals surface area contributed by atoms with E-state index in [9.17, 15) is 12.8 Å². The molecule has 1 aromatic heterocycles. The SMILES string of the molecule is Cc1csc(CS(=O)(=O)c2ccccc2F)n1. The normalized spacial score (nSPS) is 11.6. The van der Waals surface area contributed by atoms with Crippen molar-refractivity contribution in [3.63, 3.8) is 0 Å². The number of aromatic nitrogens is 1. The van der Waals surface area contributed by atoms with Crippen LogP contribution in [-0.4, -0.2) is 13.4 Å². The molecule has 2 rings (SSSR count). The molecule has 6 heteroatoms. The molecule has 17 heavy (non-hydrogen) atoms. The quantitative estimate of drug-likeness (QED) is 0.862. The zero-order chi connectivity index (χ0) is 12.5. The van der Waals surface area contributed by atoms with E-state index in [1.54, 1.807) is 12.3 Å². The van der Waals surface area contributed by atoms with Crippen molar-refractivity contribution >= 4 is 21.2 Å². The summed E-state index contributed by atoms with van der Waals surface area (Å²) in [4.78, 5) is 3.80. The van der Waals surface area contributed by atoms with Gasteiger partial charge in [0.2, 0.25) is 0 Å². The van der Waals surface area contributed by atoms with Crippen LogP contribution < -0.4 is 0 Å². The predicted octanol–water partition coefficient (Wildman–Crippen LogP) is 2.56. The number of thiazole rings is 1. The minimum Gasteiger partial charge on any atom is -0.245 e. The van der Waals surface area contributed by atoms with Crippen LogP contribution in [0.5, 0.6) is 0 Å². The second-order valence-corrected chi connectivity index (χ2v) is 6.47. The molecule has 0 aliphatic heterocycles. The molecule has 0 saturated carbocycles. The van der Waals surface area contributed by atoms with Crippen molar-refractivity contribution in [1.82, 2.24) is 4.98 Å². The molecule has 2 aromatic rings. The highest BCUT2D eigenvalue weighted by Crippen LogP contribution is 2.21. The predicted molar refractivity (Wildman–Crippen MR) is 64.1 cm³/mol. The van der Waals surface area contributed by atoms with Crippen molar-refractivity contribution in [1.29, 1.82) is 0 Å². The van der Waals surface area contributed by atoms with Gasteiger partial charge in [0.15, 0.2) is 9.84 Å². The molecule has 0 spiro atoms. The first-order valence-electron chi connectivity index (χ1n) is 4.87. The van der Waals surface area contributed by atoms with Crippen molar-refractivity contribution in [3.8, 4) is 0 Å². The summed E-state index contributed by atoms with van der Waals surface area (Å²) < 4.78 is 37.3. The zero-order valence-electron chi connectivity index (χ0n) is 9.05. The molecule has 0 bridgehead atoms. The average molecular weight is 271 g/mol. The number of sulfone groups is 1. The van der Waals surface area contributed by atoms with E-state index >= 15 is 0 Å². The second kappa shape index (κ2) is 4.54. The van der Waals surface area contributed by atoms with Crippen LogP contribution in [0.2, 0.25) is 0 Å². The lowest BCUT2D eigenvalue weighted by Crippen LogP contribution is -2.06. The number of benzene rings is 1. The number of halogens is 1. The number of rotatable bonds is 3. The third-order valence-corrected chi connectivity index (χ3v) is 4.96. The molecular weight excluding hydrogens is 261 g/mol. The Hall–Kier alpha value is -1.27. The third-order valence-electron chi connectivity index (χ3n) is 2.15. The molecule has 90 valence electrons. The highest BCUT2D eigenvalue weighted by Gasteiger charge is 2.20. The average Bonchev–Trinajstić information content (AvgIpc) is 2.63. The molecule has 0 aliphatic rings. The Kier molecular flexibility index (Phi) is 3.26. The van der Waals surface area contributed by atoms with Crippen LogP contribution in [0.15, 0.2) is 34.5 Å². The van der Waals surface area contributed by atoms with Crippen molar-refractivity contribution in [3.05, 3.63) is 46.2 Å². The van der Waals surface area contributed by atoms with Gasteiger partial charge in [-0.3, -0.25) is 0 Å². The summed E-state index contributed by atoms with van der Waals surface area (Å²) in [6.45, 7) is 1.79. The summed E-state index contributed by atoms with van der Waals surface area (Å²) in [6.07, 6.45) is 0. The van der Waals surface area contributed by atoms with Crippen molar-refractivity contribution in [2.24, 2.45) is 0 Å². The third kappa shape index (κ3) is 2.70. The van der Waals surface area contributed by atoms with Crippen LogP contribution in [0.3, 0.4) is 0 Å². The fraction of sp³-hybridized carbons (Fsp3) is 0.182. The van der Waals surface area contributed by atoms with Crippen molar-refractivity contribution in [2.75, 3.05) is 0 Å². The van der Waals surface area contributed by atoms with E-state index in [-0.39, 0.29) is 10.6 Å². The standard InChI is InChI=1S/C11H10FNO2S2/c1-8-6-16-11(13-8)7-17(14,15)10-5-3-2-4-9(10)12/h2-6H,7H2,1H3. The minimum absolute atomic E-state index is 0.258. The molecule has 1 aromatic carbocycles. The van der Waals surface area contributed by atoms with E-state index in [0.29, 0.717) is 5.01 Å². The summed E-state index contributed by atoms with van der Waals surface area (Å²) in [5, 5.41) is 2.25. The van der Waals surface area contributed by atoms with E-state index in [4.69, 9.17) is 0 Å². The van der Waals surface area contributed by atoms with Gasteiger partial charge < -0.3 is 0 Å². The van der Waals surface area contributed by atoms with Gasteiger partial charge in [-0.15, -0.1) is 11.3 Å². The molecule has 0 fully saturated rings. The monoisotopic (exact) mass is 271 g/mol.